The van der Waals surface area contributed by atoms with Crippen LogP contribution in [0.25, 0.3) is 0 Å². The molecule has 110 valence electrons. The lowest BCUT2D eigenvalue weighted by atomic mass is 10.1. The molecule has 0 saturated carbocycles. The summed E-state index contributed by atoms with van der Waals surface area (Å²) in [7, 11) is 1.80. The smallest absolute Gasteiger partial charge is 0.236 e. The highest BCUT2D eigenvalue weighted by Crippen LogP contribution is 2.06. The van der Waals surface area contributed by atoms with Crippen LogP contribution >= 0.6 is 0 Å². The minimum atomic E-state index is 0.0425. The largest absolute Gasteiger partial charge is 0.395 e. The van der Waals surface area contributed by atoms with Crippen molar-refractivity contribution >= 4 is 5.91 Å². The molecule has 0 radical (unpaired) electrons. The average Bonchev–Trinajstić information content (AvgIpc) is 2.42. The van der Waals surface area contributed by atoms with Gasteiger partial charge in [0.25, 0.3) is 0 Å². The molecule has 0 fully saturated rings. The van der Waals surface area contributed by atoms with Gasteiger partial charge in [0, 0.05) is 26.7 Å². The molecule has 0 aliphatic carbocycles. The van der Waals surface area contributed by atoms with Crippen molar-refractivity contribution in [2.75, 3.05) is 33.3 Å². The summed E-state index contributed by atoms with van der Waals surface area (Å²) in [6.45, 7) is 7.73. The van der Waals surface area contributed by atoms with Gasteiger partial charge in [-0.15, -0.1) is 6.58 Å². The lowest BCUT2D eigenvalue weighted by Crippen LogP contribution is -2.39. The summed E-state index contributed by atoms with van der Waals surface area (Å²) in [4.78, 5) is 15.7. The topological polar surface area (TPSA) is 43.8 Å². The van der Waals surface area contributed by atoms with Crippen molar-refractivity contribution in [1.82, 2.24) is 9.80 Å². The van der Waals surface area contributed by atoms with Gasteiger partial charge in [-0.3, -0.25) is 9.69 Å². The molecule has 0 heterocycles. The Bertz CT molecular complexity index is 429. The van der Waals surface area contributed by atoms with E-state index >= 15 is 0 Å². The molecule has 4 nitrogen and oxygen atoms in total. The highest BCUT2D eigenvalue weighted by atomic mass is 16.3. The maximum atomic E-state index is 12.1. The molecule has 0 aliphatic rings. The number of hydrogen-bond donors (Lipinski definition) is 1. The van der Waals surface area contributed by atoms with Crippen LogP contribution in [0.2, 0.25) is 0 Å². The van der Waals surface area contributed by atoms with Crippen molar-refractivity contribution in [3.63, 3.8) is 0 Å². The summed E-state index contributed by atoms with van der Waals surface area (Å²) >= 11 is 0. The van der Waals surface area contributed by atoms with E-state index in [4.69, 9.17) is 5.11 Å². The third-order valence-corrected chi connectivity index (χ3v) is 3.13. The summed E-state index contributed by atoms with van der Waals surface area (Å²) in [5.74, 6) is 0.0425. The fourth-order valence-corrected chi connectivity index (χ4v) is 1.93. The van der Waals surface area contributed by atoms with Gasteiger partial charge in [0.05, 0.1) is 13.2 Å². The zero-order valence-corrected chi connectivity index (χ0v) is 12.4. The van der Waals surface area contributed by atoms with Gasteiger partial charge >= 0.3 is 0 Å². The monoisotopic (exact) mass is 276 g/mol. The van der Waals surface area contributed by atoms with Gasteiger partial charge in [-0.1, -0.05) is 35.9 Å². The van der Waals surface area contributed by atoms with E-state index in [1.54, 1.807) is 18.0 Å². The Labute approximate surface area is 121 Å². The molecule has 0 aliphatic heterocycles. The van der Waals surface area contributed by atoms with E-state index < -0.39 is 0 Å². The van der Waals surface area contributed by atoms with E-state index in [-0.39, 0.29) is 12.5 Å². The molecule has 1 amide bonds. The number of nitrogens with zero attached hydrogens (tertiary/aromatic N) is 2. The van der Waals surface area contributed by atoms with Gasteiger partial charge in [-0.2, -0.15) is 0 Å². The fraction of sp³-hybridized carbons (Fsp3) is 0.438. The number of carbonyl (C=O) groups is 1. The van der Waals surface area contributed by atoms with Crippen molar-refractivity contribution in [2.45, 2.75) is 13.5 Å². The number of aliphatic hydroxyl groups is 1. The predicted octanol–water partition coefficient (Wildman–Crippen LogP) is 1.43. The van der Waals surface area contributed by atoms with Crippen LogP contribution in [0.1, 0.15) is 11.1 Å². The number of rotatable bonds is 8. The van der Waals surface area contributed by atoms with Crippen molar-refractivity contribution in [3.05, 3.63) is 48.0 Å². The molecule has 4 heteroatoms. The fourth-order valence-electron chi connectivity index (χ4n) is 1.93. The molecule has 1 N–H and O–H groups in total. The molecule has 0 unspecified atom stereocenters. The van der Waals surface area contributed by atoms with Crippen LogP contribution in [0, 0.1) is 6.92 Å². The van der Waals surface area contributed by atoms with E-state index in [0.717, 1.165) is 5.56 Å². The molecule has 1 rings (SSSR count). The summed E-state index contributed by atoms with van der Waals surface area (Å²) < 4.78 is 0. The maximum absolute atomic E-state index is 12.1. The Morgan fingerprint density at radius 3 is 2.55 bits per heavy atom. The average molecular weight is 276 g/mol. The number of likely N-dealkylation sites (N-methyl/N-ethyl adjacent to an activating group) is 1. The van der Waals surface area contributed by atoms with Gasteiger partial charge in [0.2, 0.25) is 5.91 Å². The highest BCUT2D eigenvalue weighted by Gasteiger charge is 2.13. The van der Waals surface area contributed by atoms with Gasteiger partial charge < -0.3 is 10.0 Å². The summed E-state index contributed by atoms with van der Waals surface area (Å²) in [6.07, 6.45) is 1.74. The normalized spacial score (nSPS) is 10.6. The Kier molecular flexibility index (Phi) is 6.98. The molecule has 20 heavy (non-hydrogen) atoms. The molecule has 1 aromatic carbocycles. The SMILES string of the molecule is C=CCN(CCO)CC(=O)N(C)Cc1ccc(C)cc1. The van der Waals surface area contributed by atoms with Gasteiger partial charge in [-0.25, -0.2) is 0 Å². The molecule has 0 saturated heterocycles. The van der Waals surface area contributed by atoms with Crippen molar-refractivity contribution in [1.29, 1.82) is 0 Å². The van der Waals surface area contributed by atoms with E-state index in [9.17, 15) is 4.79 Å². The number of amides is 1. The van der Waals surface area contributed by atoms with Crippen LogP contribution in [-0.4, -0.2) is 54.1 Å². The number of benzene rings is 1. The first-order chi connectivity index (χ1) is 9.56. The maximum Gasteiger partial charge on any atom is 0.236 e. The predicted molar refractivity (Wildman–Crippen MR) is 81.4 cm³/mol. The minimum Gasteiger partial charge on any atom is -0.395 e. The van der Waals surface area contributed by atoms with E-state index in [1.165, 1.54) is 5.56 Å². The standard InChI is InChI=1S/C16H24N2O2/c1-4-9-18(10-11-19)13-16(20)17(3)12-15-7-5-14(2)6-8-15/h4-8,19H,1,9-13H2,2-3H3. The van der Waals surface area contributed by atoms with Crippen LogP contribution in [0.5, 0.6) is 0 Å². The lowest BCUT2D eigenvalue weighted by molar-refractivity contribution is -0.131. The molecular weight excluding hydrogens is 252 g/mol. The first-order valence-corrected chi connectivity index (χ1v) is 6.80. The Balaban J connectivity index is 2.52. The van der Waals surface area contributed by atoms with Crippen LogP contribution < -0.4 is 0 Å². The molecular formula is C16H24N2O2. The number of aryl methyl sites for hydroxylation is 1. The summed E-state index contributed by atoms with van der Waals surface area (Å²) in [6, 6.07) is 8.16. The summed E-state index contributed by atoms with van der Waals surface area (Å²) in [5, 5.41) is 8.98. The third kappa shape index (κ3) is 5.55. The molecule has 0 atom stereocenters. The molecule has 0 bridgehead atoms. The van der Waals surface area contributed by atoms with Gasteiger partial charge in [0.1, 0.15) is 0 Å². The van der Waals surface area contributed by atoms with Crippen LogP contribution in [-0.2, 0) is 11.3 Å². The Morgan fingerprint density at radius 2 is 2.00 bits per heavy atom. The van der Waals surface area contributed by atoms with Crippen molar-refractivity contribution < 1.29 is 9.90 Å². The lowest BCUT2D eigenvalue weighted by Gasteiger charge is -2.23. The van der Waals surface area contributed by atoms with Crippen molar-refractivity contribution in [3.8, 4) is 0 Å². The summed E-state index contributed by atoms with van der Waals surface area (Å²) in [5.41, 5.74) is 2.33. The van der Waals surface area contributed by atoms with E-state index in [0.29, 0.717) is 26.2 Å². The second kappa shape index (κ2) is 8.51. The zero-order valence-electron chi connectivity index (χ0n) is 12.4. The number of aliphatic hydroxyl groups excluding tert-OH is 1. The van der Waals surface area contributed by atoms with Gasteiger partial charge in [0.15, 0.2) is 0 Å². The number of hydrogen-bond acceptors (Lipinski definition) is 3. The van der Waals surface area contributed by atoms with Crippen molar-refractivity contribution in [2.24, 2.45) is 0 Å². The molecule has 0 spiro atoms. The van der Waals surface area contributed by atoms with Crippen LogP contribution in [0.4, 0.5) is 0 Å². The van der Waals surface area contributed by atoms with Crippen LogP contribution in [0.15, 0.2) is 36.9 Å². The first-order valence-electron chi connectivity index (χ1n) is 6.80. The Hall–Kier alpha value is -1.65. The quantitative estimate of drug-likeness (QED) is 0.731. The van der Waals surface area contributed by atoms with Gasteiger partial charge in [-0.05, 0) is 12.5 Å². The first kappa shape index (κ1) is 16.4. The second-order valence-electron chi connectivity index (χ2n) is 4.98. The van der Waals surface area contributed by atoms with E-state index in [2.05, 4.69) is 6.58 Å². The third-order valence-electron chi connectivity index (χ3n) is 3.13. The Morgan fingerprint density at radius 1 is 1.35 bits per heavy atom. The second-order valence-corrected chi connectivity index (χ2v) is 4.98. The molecule has 1 aromatic rings. The number of carbonyl (C=O) groups excluding carboxylic acids is 1. The van der Waals surface area contributed by atoms with E-state index in [1.807, 2.05) is 36.1 Å². The van der Waals surface area contributed by atoms with Crippen LogP contribution in [0.3, 0.4) is 0 Å². The minimum absolute atomic E-state index is 0.0425. The zero-order chi connectivity index (χ0) is 15.0. The highest BCUT2D eigenvalue weighted by molar-refractivity contribution is 5.78. The molecule has 0 aromatic heterocycles.